The van der Waals surface area contributed by atoms with Gasteiger partial charge in [0.1, 0.15) is 5.82 Å². The highest BCUT2D eigenvalue weighted by molar-refractivity contribution is 5.89. The Morgan fingerprint density at radius 2 is 1.96 bits per heavy atom. The fourth-order valence-corrected chi connectivity index (χ4v) is 2.64. The predicted octanol–water partition coefficient (Wildman–Crippen LogP) is 3.49. The molecule has 0 saturated heterocycles. The van der Waals surface area contributed by atoms with E-state index in [1.807, 2.05) is 60.8 Å². The first-order valence-corrected chi connectivity index (χ1v) is 8.10. The van der Waals surface area contributed by atoms with Gasteiger partial charge in [0.05, 0.1) is 0 Å². The van der Waals surface area contributed by atoms with Gasteiger partial charge in [-0.1, -0.05) is 18.2 Å². The molecule has 26 heavy (non-hydrogen) atoms. The number of aromatic nitrogens is 4. The largest absolute Gasteiger partial charge is 0.326 e. The van der Waals surface area contributed by atoms with E-state index in [0.717, 1.165) is 22.5 Å². The molecule has 1 amide bonds. The van der Waals surface area contributed by atoms with Crippen LogP contribution in [0.3, 0.4) is 0 Å². The maximum absolute atomic E-state index is 11.2. The van der Waals surface area contributed by atoms with Crippen LogP contribution in [-0.2, 0) is 4.79 Å². The number of amides is 1. The second kappa shape index (κ2) is 6.64. The van der Waals surface area contributed by atoms with Crippen LogP contribution in [0, 0.1) is 0 Å². The van der Waals surface area contributed by atoms with E-state index in [1.165, 1.54) is 6.92 Å². The number of anilines is 3. The maximum atomic E-state index is 11.2. The first-order valence-electron chi connectivity index (χ1n) is 8.10. The monoisotopic (exact) mass is 344 g/mol. The molecule has 4 rings (SSSR count). The Labute approximate surface area is 149 Å². The van der Waals surface area contributed by atoms with Crippen molar-refractivity contribution >= 4 is 29.0 Å². The maximum Gasteiger partial charge on any atom is 0.248 e. The summed E-state index contributed by atoms with van der Waals surface area (Å²) in [6.45, 7) is 1.49. The van der Waals surface area contributed by atoms with Gasteiger partial charge in [-0.15, -0.1) is 5.10 Å². The van der Waals surface area contributed by atoms with Crippen LogP contribution in [0.1, 0.15) is 6.92 Å². The lowest BCUT2D eigenvalue weighted by atomic mass is 10.1. The van der Waals surface area contributed by atoms with Crippen LogP contribution in [0.2, 0.25) is 0 Å². The van der Waals surface area contributed by atoms with Gasteiger partial charge in [-0.05, 0) is 42.0 Å². The molecule has 4 aromatic rings. The number of hydrogen-bond donors (Lipinski definition) is 2. The standard InChI is InChI=1S/C19H16N6O/c1-13(26)21-16-6-4-5-14(11-16)15-8-9-18-23-19(24-25(18)12-15)22-17-7-2-3-10-20-17/h2-12H,1H3,(H,21,26)(H,20,22,24). The molecule has 3 heterocycles. The number of hydrogen-bond acceptors (Lipinski definition) is 5. The first kappa shape index (κ1) is 15.8. The van der Waals surface area contributed by atoms with Gasteiger partial charge in [0.25, 0.3) is 0 Å². The predicted molar refractivity (Wildman–Crippen MR) is 100 cm³/mol. The van der Waals surface area contributed by atoms with Crippen molar-refractivity contribution in [3.05, 3.63) is 67.0 Å². The highest BCUT2D eigenvalue weighted by Gasteiger charge is 2.07. The smallest absolute Gasteiger partial charge is 0.248 e. The Balaban J connectivity index is 1.64. The SMILES string of the molecule is CC(=O)Nc1cccc(-c2ccc3nc(Nc4ccccn4)nn3c2)c1. The number of nitrogens with one attached hydrogen (secondary N) is 2. The molecule has 3 aromatic heterocycles. The second-order valence-electron chi connectivity index (χ2n) is 5.76. The lowest BCUT2D eigenvalue weighted by molar-refractivity contribution is -0.114. The second-order valence-corrected chi connectivity index (χ2v) is 5.76. The highest BCUT2D eigenvalue weighted by Crippen LogP contribution is 2.23. The van der Waals surface area contributed by atoms with Gasteiger partial charge in [0, 0.05) is 30.6 Å². The van der Waals surface area contributed by atoms with Gasteiger partial charge >= 0.3 is 0 Å². The summed E-state index contributed by atoms with van der Waals surface area (Å²) in [7, 11) is 0. The Bertz CT molecular complexity index is 1070. The highest BCUT2D eigenvalue weighted by atomic mass is 16.1. The van der Waals surface area contributed by atoms with Crippen molar-refractivity contribution in [2.45, 2.75) is 6.92 Å². The molecule has 2 N–H and O–H groups in total. The van der Waals surface area contributed by atoms with E-state index < -0.39 is 0 Å². The number of benzene rings is 1. The first-order chi connectivity index (χ1) is 12.7. The number of carbonyl (C=O) groups excluding carboxylic acids is 1. The van der Waals surface area contributed by atoms with Crippen molar-refractivity contribution < 1.29 is 4.79 Å². The fraction of sp³-hybridized carbons (Fsp3) is 0.0526. The van der Waals surface area contributed by atoms with Crippen LogP contribution in [0.15, 0.2) is 67.0 Å². The minimum atomic E-state index is -0.0980. The third-order valence-corrected chi connectivity index (χ3v) is 3.75. The van der Waals surface area contributed by atoms with Crippen molar-refractivity contribution in [2.24, 2.45) is 0 Å². The lowest BCUT2D eigenvalue weighted by Crippen LogP contribution is -2.05. The summed E-state index contributed by atoms with van der Waals surface area (Å²) < 4.78 is 1.71. The van der Waals surface area contributed by atoms with Crippen molar-refractivity contribution in [3.63, 3.8) is 0 Å². The zero-order chi connectivity index (χ0) is 17.9. The average Bonchev–Trinajstić information content (AvgIpc) is 3.03. The molecular weight excluding hydrogens is 328 g/mol. The molecule has 0 unspecified atom stereocenters. The molecule has 128 valence electrons. The Morgan fingerprint density at radius 3 is 2.77 bits per heavy atom. The summed E-state index contributed by atoms with van der Waals surface area (Å²) in [4.78, 5) is 19.9. The minimum Gasteiger partial charge on any atom is -0.326 e. The van der Waals surface area contributed by atoms with Crippen molar-refractivity contribution in [3.8, 4) is 11.1 Å². The zero-order valence-corrected chi connectivity index (χ0v) is 14.0. The Kier molecular flexibility index (Phi) is 4.03. The topological polar surface area (TPSA) is 84.2 Å². The fourth-order valence-electron chi connectivity index (χ4n) is 2.64. The molecule has 7 heteroatoms. The van der Waals surface area contributed by atoms with Crippen LogP contribution in [0.25, 0.3) is 16.8 Å². The summed E-state index contributed by atoms with van der Waals surface area (Å²) >= 11 is 0. The minimum absolute atomic E-state index is 0.0980. The molecule has 0 bridgehead atoms. The quantitative estimate of drug-likeness (QED) is 0.592. The molecular formula is C19H16N6O. The van der Waals surface area contributed by atoms with Gasteiger partial charge < -0.3 is 10.6 Å². The van der Waals surface area contributed by atoms with Crippen LogP contribution in [0.4, 0.5) is 17.5 Å². The Morgan fingerprint density at radius 1 is 1.04 bits per heavy atom. The summed E-state index contributed by atoms with van der Waals surface area (Å²) in [5.74, 6) is 1.07. The average molecular weight is 344 g/mol. The molecule has 7 nitrogen and oxygen atoms in total. The third kappa shape index (κ3) is 3.36. The normalized spacial score (nSPS) is 10.7. The summed E-state index contributed by atoms with van der Waals surface area (Å²) in [5.41, 5.74) is 3.43. The van der Waals surface area contributed by atoms with Crippen molar-refractivity contribution in [1.29, 1.82) is 0 Å². The summed E-state index contributed by atoms with van der Waals surface area (Å²) in [6, 6.07) is 17.1. The number of pyridine rings is 2. The third-order valence-electron chi connectivity index (χ3n) is 3.75. The van der Waals surface area contributed by atoms with Crippen LogP contribution in [-0.4, -0.2) is 25.5 Å². The van der Waals surface area contributed by atoms with E-state index in [1.54, 1.807) is 10.7 Å². The molecule has 0 fully saturated rings. The lowest BCUT2D eigenvalue weighted by Gasteiger charge is -2.06. The van der Waals surface area contributed by atoms with Gasteiger partial charge in [0.2, 0.25) is 11.9 Å². The van der Waals surface area contributed by atoms with Crippen molar-refractivity contribution in [1.82, 2.24) is 19.6 Å². The van der Waals surface area contributed by atoms with Gasteiger partial charge in [-0.3, -0.25) is 4.79 Å². The van der Waals surface area contributed by atoms with Crippen LogP contribution >= 0.6 is 0 Å². The van der Waals surface area contributed by atoms with E-state index in [-0.39, 0.29) is 5.91 Å². The van der Waals surface area contributed by atoms with Crippen LogP contribution in [0.5, 0.6) is 0 Å². The number of nitrogens with zero attached hydrogens (tertiary/aromatic N) is 4. The number of fused-ring (bicyclic) bond motifs is 1. The molecule has 0 aliphatic rings. The Hall–Kier alpha value is -3.74. The van der Waals surface area contributed by atoms with E-state index in [4.69, 9.17) is 0 Å². The number of rotatable bonds is 4. The number of carbonyl (C=O) groups is 1. The zero-order valence-electron chi connectivity index (χ0n) is 14.0. The molecule has 0 saturated carbocycles. The molecule has 0 radical (unpaired) electrons. The molecule has 1 aromatic carbocycles. The van der Waals surface area contributed by atoms with E-state index in [2.05, 4.69) is 25.7 Å². The van der Waals surface area contributed by atoms with E-state index in [9.17, 15) is 4.79 Å². The molecule has 0 spiro atoms. The molecule has 0 aliphatic heterocycles. The summed E-state index contributed by atoms with van der Waals surface area (Å²) in [5, 5.41) is 10.3. The van der Waals surface area contributed by atoms with Gasteiger partial charge in [-0.2, -0.15) is 4.98 Å². The summed E-state index contributed by atoms with van der Waals surface area (Å²) in [6.07, 6.45) is 3.61. The van der Waals surface area contributed by atoms with Gasteiger partial charge in [0.15, 0.2) is 5.65 Å². The van der Waals surface area contributed by atoms with E-state index >= 15 is 0 Å². The molecule has 0 aliphatic carbocycles. The van der Waals surface area contributed by atoms with E-state index in [0.29, 0.717) is 11.8 Å². The van der Waals surface area contributed by atoms with Crippen LogP contribution < -0.4 is 10.6 Å². The molecule has 0 atom stereocenters. The van der Waals surface area contributed by atoms with Gasteiger partial charge in [-0.25, -0.2) is 9.50 Å². The van der Waals surface area contributed by atoms with Crippen molar-refractivity contribution in [2.75, 3.05) is 10.6 Å².